The molecule has 0 aliphatic rings. The average Bonchev–Trinajstić information content (AvgIpc) is 2.72. The molecule has 0 aliphatic heterocycles. The highest BCUT2D eigenvalue weighted by Gasteiger charge is 2.18. The molecule has 2 heterocycles. The van der Waals surface area contributed by atoms with Gasteiger partial charge in [-0.3, -0.25) is 4.98 Å². The Balaban J connectivity index is 2.37. The Kier molecular flexibility index (Phi) is 2.78. The second-order valence-corrected chi connectivity index (χ2v) is 3.57. The molecule has 0 saturated heterocycles. The van der Waals surface area contributed by atoms with Crippen molar-refractivity contribution >= 4 is 0 Å². The van der Waals surface area contributed by atoms with Gasteiger partial charge in [0.1, 0.15) is 0 Å². The largest absolute Gasteiger partial charge is 0.327 e. The summed E-state index contributed by atoms with van der Waals surface area (Å²) < 4.78 is 1.98. The van der Waals surface area contributed by atoms with Crippen molar-refractivity contribution in [2.45, 2.75) is 19.0 Å². The molecule has 2 unspecified atom stereocenters. The van der Waals surface area contributed by atoms with Crippen LogP contribution in [0.5, 0.6) is 0 Å². The van der Waals surface area contributed by atoms with Gasteiger partial charge in [-0.05, 0) is 19.1 Å². The molecule has 0 amide bonds. The lowest BCUT2D eigenvalue weighted by Gasteiger charge is -2.21. The fraction of sp³-hybridized carbons (Fsp3) is 0.273. The molecule has 0 bridgehead atoms. The minimum Gasteiger partial charge on any atom is -0.327 e. The van der Waals surface area contributed by atoms with E-state index < -0.39 is 0 Å². The van der Waals surface area contributed by atoms with E-state index >= 15 is 0 Å². The van der Waals surface area contributed by atoms with Crippen LogP contribution < -0.4 is 5.73 Å². The minimum atomic E-state index is -0.00546. The van der Waals surface area contributed by atoms with Crippen LogP contribution in [-0.4, -0.2) is 20.6 Å². The molecule has 2 rings (SSSR count). The Labute approximate surface area is 88.8 Å². The third-order valence-corrected chi connectivity index (χ3v) is 2.33. The molecule has 0 fully saturated rings. The van der Waals surface area contributed by atoms with Gasteiger partial charge in [-0.1, -0.05) is 6.07 Å². The zero-order chi connectivity index (χ0) is 10.7. The van der Waals surface area contributed by atoms with Gasteiger partial charge in [-0.25, -0.2) is 4.98 Å². The van der Waals surface area contributed by atoms with Crippen LogP contribution in [0.2, 0.25) is 0 Å². The molecule has 78 valence electrons. The van der Waals surface area contributed by atoms with Crippen LogP contribution in [0, 0.1) is 0 Å². The second-order valence-electron chi connectivity index (χ2n) is 3.57. The molecule has 15 heavy (non-hydrogen) atoms. The second kappa shape index (κ2) is 4.23. The van der Waals surface area contributed by atoms with E-state index in [2.05, 4.69) is 9.97 Å². The van der Waals surface area contributed by atoms with Gasteiger partial charge in [0.2, 0.25) is 0 Å². The Morgan fingerprint density at radius 1 is 1.33 bits per heavy atom. The third kappa shape index (κ3) is 2.05. The van der Waals surface area contributed by atoms with E-state index in [1.165, 1.54) is 0 Å². The topological polar surface area (TPSA) is 56.7 Å². The van der Waals surface area contributed by atoms with Gasteiger partial charge >= 0.3 is 0 Å². The van der Waals surface area contributed by atoms with Gasteiger partial charge in [-0.15, -0.1) is 0 Å². The maximum absolute atomic E-state index is 5.97. The van der Waals surface area contributed by atoms with Gasteiger partial charge in [-0.2, -0.15) is 0 Å². The molecule has 0 aromatic carbocycles. The normalized spacial score (nSPS) is 14.8. The van der Waals surface area contributed by atoms with E-state index in [1.54, 1.807) is 18.7 Å². The number of aromatic nitrogens is 3. The molecule has 0 spiro atoms. The number of hydrogen-bond donors (Lipinski definition) is 1. The van der Waals surface area contributed by atoms with Crippen LogP contribution in [0.1, 0.15) is 18.7 Å². The number of rotatable bonds is 3. The van der Waals surface area contributed by atoms with Crippen molar-refractivity contribution < 1.29 is 0 Å². The summed E-state index contributed by atoms with van der Waals surface area (Å²) in [5, 5.41) is 0. The maximum atomic E-state index is 5.97. The van der Waals surface area contributed by atoms with E-state index in [1.807, 2.05) is 35.9 Å². The van der Waals surface area contributed by atoms with Gasteiger partial charge in [0.05, 0.1) is 18.1 Å². The van der Waals surface area contributed by atoms with Gasteiger partial charge < -0.3 is 10.3 Å². The number of nitrogens with two attached hydrogens (primary N) is 1. The van der Waals surface area contributed by atoms with Crippen molar-refractivity contribution in [2.75, 3.05) is 0 Å². The lowest BCUT2D eigenvalue weighted by Crippen LogP contribution is -2.30. The summed E-state index contributed by atoms with van der Waals surface area (Å²) in [5.74, 6) is 0. The summed E-state index contributed by atoms with van der Waals surface area (Å²) in [4.78, 5) is 8.36. The molecule has 0 radical (unpaired) electrons. The van der Waals surface area contributed by atoms with E-state index in [4.69, 9.17) is 5.73 Å². The third-order valence-electron chi connectivity index (χ3n) is 2.33. The molecule has 4 heteroatoms. The van der Waals surface area contributed by atoms with Crippen molar-refractivity contribution in [1.29, 1.82) is 0 Å². The lowest BCUT2D eigenvalue weighted by atomic mass is 10.1. The predicted octanol–water partition coefficient (Wildman–Crippen LogP) is 1.21. The first-order chi connectivity index (χ1) is 7.29. The summed E-state index contributed by atoms with van der Waals surface area (Å²) in [6.07, 6.45) is 7.20. The Bertz CT molecular complexity index is 394. The smallest absolute Gasteiger partial charge is 0.0952 e. The first-order valence-corrected chi connectivity index (χ1v) is 4.93. The van der Waals surface area contributed by atoms with Gasteiger partial charge in [0.25, 0.3) is 0 Å². The fourth-order valence-corrected chi connectivity index (χ4v) is 1.68. The molecular formula is C11H14N4. The van der Waals surface area contributed by atoms with E-state index in [9.17, 15) is 0 Å². The van der Waals surface area contributed by atoms with Crippen LogP contribution in [0.3, 0.4) is 0 Å². The first kappa shape index (κ1) is 9.86. The Hall–Kier alpha value is -1.68. The molecule has 0 saturated carbocycles. The zero-order valence-corrected chi connectivity index (χ0v) is 8.62. The van der Waals surface area contributed by atoms with E-state index in [-0.39, 0.29) is 12.1 Å². The summed E-state index contributed by atoms with van der Waals surface area (Å²) in [6, 6.07) is 5.89. The number of hydrogen-bond acceptors (Lipinski definition) is 3. The Morgan fingerprint density at radius 3 is 2.73 bits per heavy atom. The molecular weight excluding hydrogens is 188 g/mol. The van der Waals surface area contributed by atoms with Crippen molar-refractivity contribution in [3.63, 3.8) is 0 Å². The zero-order valence-electron chi connectivity index (χ0n) is 8.62. The molecule has 2 atom stereocenters. The van der Waals surface area contributed by atoms with Crippen molar-refractivity contribution in [3.05, 3.63) is 48.8 Å². The number of pyridine rings is 1. The van der Waals surface area contributed by atoms with Crippen LogP contribution in [0.4, 0.5) is 0 Å². The monoisotopic (exact) mass is 202 g/mol. The van der Waals surface area contributed by atoms with Gasteiger partial charge in [0, 0.05) is 24.6 Å². The first-order valence-electron chi connectivity index (χ1n) is 4.93. The van der Waals surface area contributed by atoms with Crippen LogP contribution in [-0.2, 0) is 0 Å². The van der Waals surface area contributed by atoms with Crippen molar-refractivity contribution in [3.8, 4) is 0 Å². The summed E-state index contributed by atoms with van der Waals surface area (Å²) >= 11 is 0. The molecule has 4 nitrogen and oxygen atoms in total. The quantitative estimate of drug-likeness (QED) is 0.814. The lowest BCUT2D eigenvalue weighted by molar-refractivity contribution is 0.485. The fourth-order valence-electron chi connectivity index (χ4n) is 1.68. The van der Waals surface area contributed by atoms with Crippen molar-refractivity contribution in [2.24, 2.45) is 5.73 Å². The number of nitrogens with zero attached hydrogens (tertiary/aromatic N) is 3. The Morgan fingerprint density at radius 2 is 2.20 bits per heavy atom. The van der Waals surface area contributed by atoms with Crippen molar-refractivity contribution in [1.82, 2.24) is 14.5 Å². The summed E-state index contributed by atoms with van der Waals surface area (Å²) in [6.45, 7) is 1.97. The predicted molar refractivity (Wildman–Crippen MR) is 58.3 cm³/mol. The molecule has 2 N–H and O–H groups in total. The highest BCUT2D eigenvalue weighted by molar-refractivity contribution is 5.12. The van der Waals surface area contributed by atoms with E-state index in [0.717, 1.165) is 5.69 Å². The van der Waals surface area contributed by atoms with Crippen LogP contribution in [0.15, 0.2) is 43.1 Å². The highest BCUT2D eigenvalue weighted by atomic mass is 15.1. The highest BCUT2D eigenvalue weighted by Crippen LogP contribution is 2.18. The van der Waals surface area contributed by atoms with Gasteiger partial charge in [0.15, 0.2) is 0 Å². The van der Waals surface area contributed by atoms with Crippen LogP contribution >= 0.6 is 0 Å². The molecule has 2 aromatic rings. The van der Waals surface area contributed by atoms with E-state index in [0.29, 0.717) is 0 Å². The summed E-state index contributed by atoms with van der Waals surface area (Å²) in [7, 11) is 0. The average molecular weight is 202 g/mol. The standard InChI is InChI=1S/C11H14N4/c1-9(12)11(15-7-6-13-8-15)10-4-2-3-5-14-10/h2-9,11H,12H2,1H3. The summed E-state index contributed by atoms with van der Waals surface area (Å²) in [5.41, 5.74) is 6.93. The maximum Gasteiger partial charge on any atom is 0.0952 e. The number of imidazole rings is 1. The SMILES string of the molecule is CC(N)C(c1ccccn1)n1ccnc1. The minimum absolute atomic E-state index is 0.00546. The van der Waals surface area contributed by atoms with Crippen LogP contribution in [0.25, 0.3) is 0 Å². The molecule has 2 aromatic heterocycles. The molecule has 0 aliphatic carbocycles.